The lowest BCUT2D eigenvalue weighted by Crippen LogP contribution is -2.11. The maximum atomic E-state index is 9.02. The highest BCUT2D eigenvalue weighted by Gasteiger charge is 2.04. The molecule has 0 amide bonds. The standard InChI is InChI=1S/C16H18N4/c1-12-6-7-14(9-16(12)20(2)3)19-11-13-5-4-8-18-15(13)10-17/h4-9,19H,11H2,1-3H3. The molecule has 1 N–H and O–H groups in total. The highest BCUT2D eigenvalue weighted by Crippen LogP contribution is 2.23. The maximum absolute atomic E-state index is 9.02. The highest BCUT2D eigenvalue weighted by atomic mass is 15.1. The molecule has 1 aromatic carbocycles. The molecule has 20 heavy (non-hydrogen) atoms. The van der Waals surface area contributed by atoms with E-state index in [0.717, 1.165) is 11.3 Å². The molecule has 0 fully saturated rings. The Morgan fingerprint density at radius 3 is 2.80 bits per heavy atom. The number of pyridine rings is 1. The van der Waals surface area contributed by atoms with Crippen molar-refractivity contribution < 1.29 is 0 Å². The molecule has 2 aromatic rings. The van der Waals surface area contributed by atoms with Gasteiger partial charge in [0, 0.05) is 43.8 Å². The van der Waals surface area contributed by atoms with Crippen LogP contribution < -0.4 is 10.2 Å². The van der Waals surface area contributed by atoms with E-state index in [0.29, 0.717) is 12.2 Å². The molecular formula is C16H18N4. The number of nitrogens with zero attached hydrogens (tertiary/aromatic N) is 3. The van der Waals surface area contributed by atoms with Crippen LogP contribution in [-0.4, -0.2) is 19.1 Å². The van der Waals surface area contributed by atoms with Crippen LogP contribution in [0.3, 0.4) is 0 Å². The number of anilines is 2. The number of aryl methyl sites for hydroxylation is 1. The summed E-state index contributed by atoms with van der Waals surface area (Å²) in [6, 6.07) is 12.1. The molecule has 0 atom stereocenters. The summed E-state index contributed by atoms with van der Waals surface area (Å²) < 4.78 is 0. The maximum Gasteiger partial charge on any atom is 0.145 e. The molecule has 0 unspecified atom stereocenters. The SMILES string of the molecule is Cc1ccc(NCc2cccnc2C#N)cc1N(C)C. The Balaban J connectivity index is 2.15. The van der Waals surface area contributed by atoms with E-state index in [9.17, 15) is 0 Å². The van der Waals surface area contributed by atoms with Crippen LogP contribution in [-0.2, 0) is 6.54 Å². The molecule has 0 spiro atoms. The lowest BCUT2D eigenvalue weighted by molar-refractivity contribution is 1.08. The number of nitrogens with one attached hydrogen (secondary N) is 1. The van der Waals surface area contributed by atoms with Crippen molar-refractivity contribution in [2.75, 3.05) is 24.3 Å². The first-order chi connectivity index (χ1) is 9.61. The van der Waals surface area contributed by atoms with Gasteiger partial charge in [0.1, 0.15) is 11.8 Å². The summed E-state index contributed by atoms with van der Waals surface area (Å²) in [5.41, 5.74) is 4.83. The molecule has 1 heterocycles. The minimum absolute atomic E-state index is 0.472. The van der Waals surface area contributed by atoms with Crippen LogP contribution in [0, 0.1) is 18.3 Å². The molecule has 0 aliphatic carbocycles. The molecule has 0 saturated heterocycles. The molecule has 0 aliphatic rings. The Kier molecular flexibility index (Phi) is 4.21. The van der Waals surface area contributed by atoms with Gasteiger partial charge in [-0.2, -0.15) is 5.26 Å². The van der Waals surface area contributed by atoms with Crippen LogP contribution in [0.15, 0.2) is 36.5 Å². The van der Waals surface area contributed by atoms with Gasteiger partial charge in [0.25, 0.3) is 0 Å². The molecule has 0 bridgehead atoms. The Labute approximate surface area is 119 Å². The highest BCUT2D eigenvalue weighted by molar-refractivity contribution is 5.62. The van der Waals surface area contributed by atoms with Crippen molar-refractivity contribution in [2.24, 2.45) is 0 Å². The Morgan fingerprint density at radius 2 is 2.10 bits per heavy atom. The molecule has 102 valence electrons. The van der Waals surface area contributed by atoms with Crippen molar-refractivity contribution in [3.05, 3.63) is 53.3 Å². The molecule has 1 aromatic heterocycles. The molecule has 4 nitrogen and oxygen atoms in total. The van der Waals surface area contributed by atoms with E-state index in [2.05, 4.69) is 40.3 Å². The fraction of sp³-hybridized carbons (Fsp3) is 0.250. The Bertz CT molecular complexity index is 641. The number of benzene rings is 1. The average molecular weight is 266 g/mol. The topological polar surface area (TPSA) is 52.0 Å². The minimum Gasteiger partial charge on any atom is -0.381 e. The fourth-order valence-electron chi connectivity index (χ4n) is 2.08. The van der Waals surface area contributed by atoms with Crippen molar-refractivity contribution in [3.63, 3.8) is 0 Å². The predicted molar refractivity (Wildman–Crippen MR) is 81.8 cm³/mol. The van der Waals surface area contributed by atoms with Crippen LogP contribution >= 0.6 is 0 Å². The van der Waals surface area contributed by atoms with Gasteiger partial charge in [-0.25, -0.2) is 4.98 Å². The van der Waals surface area contributed by atoms with E-state index in [1.807, 2.05) is 32.3 Å². The summed E-state index contributed by atoms with van der Waals surface area (Å²) >= 11 is 0. The number of aromatic nitrogens is 1. The summed E-state index contributed by atoms with van der Waals surface area (Å²) in [5.74, 6) is 0. The van der Waals surface area contributed by atoms with Gasteiger partial charge in [-0.1, -0.05) is 12.1 Å². The Hall–Kier alpha value is -2.54. The molecule has 0 saturated carbocycles. The van der Waals surface area contributed by atoms with E-state index >= 15 is 0 Å². The molecule has 4 heteroatoms. The summed E-state index contributed by atoms with van der Waals surface area (Å²) in [6.07, 6.45) is 1.64. The lowest BCUT2D eigenvalue weighted by atomic mass is 10.1. The quantitative estimate of drug-likeness (QED) is 0.924. The summed E-state index contributed by atoms with van der Waals surface area (Å²) in [6.45, 7) is 2.68. The third-order valence-corrected chi connectivity index (χ3v) is 3.17. The minimum atomic E-state index is 0.472. The zero-order valence-electron chi connectivity index (χ0n) is 12.0. The smallest absolute Gasteiger partial charge is 0.145 e. The third kappa shape index (κ3) is 3.07. The molecule has 2 rings (SSSR count). The normalized spacial score (nSPS) is 9.90. The Morgan fingerprint density at radius 1 is 1.30 bits per heavy atom. The van der Waals surface area contributed by atoms with Gasteiger partial charge in [-0.15, -0.1) is 0 Å². The number of rotatable bonds is 4. The van der Waals surface area contributed by atoms with Crippen LogP contribution in [0.2, 0.25) is 0 Å². The van der Waals surface area contributed by atoms with Crippen molar-refractivity contribution in [3.8, 4) is 6.07 Å². The van der Waals surface area contributed by atoms with Gasteiger partial charge in [0.05, 0.1) is 0 Å². The van der Waals surface area contributed by atoms with E-state index in [1.165, 1.54) is 11.3 Å². The van der Waals surface area contributed by atoms with Crippen LogP contribution in [0.25, 0.3) is 0 Å². The first-order valence-corrected chi connectivity index (χ1v) is 6.47. The van der Waals surface area contributed by atoms with Crippen LogP contribution in [0.4, 0.5) is 11.4 Å². The van der Waals surface area contributed by atoms with Gasteiger partial charge >= 0.3 is 0 Å². The fourth-order valence-corrected chi connectivity index (χ4v) is 2.08. The predicted octanol–water partition coefficient (Wildman–Crippen LogP) is 2.94. The first kappa shape index (κ1) is 13.9. The van der Waals surface area contributed by atoms with Crippen molar-refractivity contribution in [1.29, 1.82) is 5.26 Å². The number of hydrogen-bond donors (Lipinski definition) is 1. The van der Waals surface area contributed by atoms with Gasteiger partial charge in [0.15, 0.2) is 0 Å². The van der Waals surface area contributed by atoms with Crippen molar-refractivity contribution in [2.45, 2.75) is 13.5 Å². The van der Waals surface area contributed by atoms with Crippen LogP contribution in [0.5, 0.6) is 0 Å². The van der Waals surface area contributed by atoms with E-state index in [1.54, 1.807) is 6.20 Å². The summed E-state index contributed by atoms with van der Waals surface area (Å²) in [4.78, 5) is 6.15. The molecular weight excluding hydrogens is 248 g/mol. The number of hydrogen-bond acceptors (Lipinski definition) is 4. The largest absolute Gasteiger partial charge is 0.381 e. The van der Waals surface area contributed by atoms with Gasteiger partial charge < -0.3 is 10.2 Å². The van der Waals surface area contributed by atoms with E-state index in [4.69, 9.17) is 5.26 Å². The van der Waals surface area contributed by atoms with Crippen molar-refractivity contribution in [1.82, 2.24) is 4.98 Å². The van der Waals surface area contributed by atoms with Gasteiger partial charge in [-0.05, 0) is 30.7 Å². The zero-order valence-corrected chi connectivity index (χ0v) is 12.0. The molecule has 0 aliphatic heterocycles. The molecule has 0 radical (unpaired) electrons. The second-order valence-corrected chi connectivity index (χ2v) is 4.87. The second-order valence-electron chi connectivity index (χ2n) is 4.87. The second kappa shape index (κ2) is 6.07. The van der Waals surface area contributed by atoms with E-state index < -0.39 is 0 Å². The van der Waals surface area contributed by atoms with Crippen LogP contribution in [0.1, 0.15) is 16.8 Å². The zero-order chi connectivity index (χ0) is 14.5. The summed E-state index contributed by atoms with van der Waals surface area (Å²) in [7, 11) is 4.06. The van der Waals surface area contributed by atoms with Crippen molar-refractivity contribution >= 4 is 11.4 Å². The number of nitriles is 1. The van der Waals surface area contributed by atoms with E-state index in [-0.39, 0.29) is 0 Å². The lowest BCUT2D eigenvalue weighted by Gasteiger charge is -2.17. The van der Waals surface area contributed by atoms with Gasteiger partial charge in [0.2, 0.25) is 0 Å². The van der Waals surface area contributed by atoms with Gasteiger partial charge in [-0.3, -0.25) is 0 Å². The third-order valence-electron chi connectivity index (χ3n) is 3.17. The monoisotopic (exact) mass is 266 g/mol. The first-order valence-electron chi connectivity index (χ1n) is 6.47. The summed E-state index contributed by atoms with van der Waals surface area (Å²) in [5, 5.41) is 12.4. The average Bonchev–Trinajstić information content (AvgIpc) is 2.46.